The van der Waals surface area contributed by atoms with Crippen LogP contribution in [0.5, 0.6) is 5.75 Å². The number of ether oxygens (including phenoxy) is 1. The molecule has 0 saturated heterocycles. The lowest BCUT2D eigenvalue weighted by molar-refractivity contribution is 0.1000. The third-order valence-electron chi connectivity index (χ3n) is 3.07. The molecule has 0 radical (unpaired) electrons. The summed E-state index contributed by atoms with van der Waals surface area (Å²) < 4.78 is 6.91. The number of nitrogens with two attached hydrogens (primary N) is 1. The molecule has 1 amide bonds. The second kappa shape index (κ2) is 3.91. The van der Waals surface area contributed by atoms with Gasteiger partial charge in [0.2, 0.25) is 5.91 Å². The van der Waals surface area contributed by atoms with Crippen molar-refractivity contribution >= 4 is 28.5 Å². The minimum atomic E-state index is -0.384. The average Bonchev–Trinajstić information content (AvgIpc) is 2.56. The van der Waals surface area contributed by atoms with E-state index in [1.165, 1.54) is 0 Å². The molecule has 16 heavy (non-hydrogen) atoms. The summed E-state index contributed by atoms with van der Waals surface area (Å²) in [6.07, 6.45) is 1.79. The van der Waals surface area contributed by atoms with E-state index in [0.29, 0.717) is 5.56 Å². The van der Waals surface area contributed by atoms with Crippen molar-refractivity contribution in [2.45, 2.75) is 32.3 Å². The first-order valence-corrected chi connectivity index (χ1v) is 6.34. The maximum atomic E-state index is 11.2. The molecule has 86 valence electrons. The van der Waals surface area contributed by atoms with Crippen molar-refractivity contribution in [2.75, 3.05) is 0 Å². The van der Waals surface area contributed by atoms with E-state index in [-0.39, 0.29) is 11.5 Å². The van der Waals surface area contributed by atoms with E-state index in [1.54, 1.807) is 6.07 Å². The fourth-order valence-corrected chi connectivity index (χ4v) is 2.71. The Bertz CT molecular complexity index is 459. The van der Waals surface area contributed by atoms with Gasteiger partial charge >= 0.3 is 0 Å². The minimum Gasteiger partial charge on any atom is -0.486 e. The third-order valence-corrected chi connectivity index (χ3v) is 3.87. The van der Waals surface area contributed by atoms with Gasteiger partial charge in [-0.25, -0.2) is 0 Å². The molecule has 1 aliphatic rings. The normalized spacial score (nSPS) is 22.7. The van der Waals surface area contributed by atoms with Gasteiger partial charge in [0.05, 0.1) is 3.57 Å². The fourth-order valence-electron chi connectivity index (χ4n) is 1.92. The molecule has 1 aliphatic heterocycles. The summed E-state index contributed by atoms with van der Waals surface area (Å²) in [7, 11) is 0. The van der Waals surface area contributed by atoms with Crippen molar-refractivity contribution in [2.24, 2.45) is 5.73 Å². The molecule has 4 heteroatoms. The van der Waals surface area contributed by atoms with Crippen molar-refractivity contribution in [1.29, 1.82) is 0 Å². The summed E-state index contributed by atoms with van der Waals surface area (Å²) in [5.74, 6) is 0.528. The van der Waals surface area contributed by atoms with Crippen LogP contribution in [-0.4, -0.2) is 11.5 Å². The number of carbonyl (C=O) groups is 1. The van der Waals surface area contributed by atoms with Gasteiger partial charge in [-0.2, -0.15) is 0 Å². The highest BCUT2D eigenvalue weighted by molar-refractivity contribution is 14.1. The maximum absolute atomic E-state index is 11.2. The number of carbonyl (C=O) groups excluding carboxylic acids is 1. The molecule has 1 aromatic carbocycles. The van der Waals surface area contributed by atoms with Crippen LogP contribution < -0.4 is 10.5 Å². The molecular formula is C12H14INO2. The van der Waals surface area contributed by atoms with Crippen LogP contribution in [0, 0.1) is 3.57 Å². The molecule has 0 bridgehead atoms. The third kappa shape index (κ3) is 1.90. The van der Waals surface area contributed by atoms with Gasteiger partial charge in [-0.3, -0.25) is 4.79 Å². The molecule has 2 N–H and O–H groups in total. The largest absolute Gasteiger partial charge is 0.486 e. The van der Waals surface area contributed by atoms with Gasteiger partial charge in [0.1, 0.15) is 11.4 Å². The molecule has 1 atom stereocenters. The second-order valence-corrected chi connectivity index (χ2v) is 5.56. The summed E-state index contributed by atoms with van der Waals surface area (Å²) in [5.41, 5.74) is 6.80. The van der Waals surface area contributed by atoms with E-state index in [1.807, 2.05) is 6.07 Å². The smallest absolute Gasteiger partial charge is 0.248 e. The Morgan fingerprint density at radius 3 is 2.88 bits per heavy atom. The fraction of sp³-hybridized carbons (Fsp3) is 0.417. The van der Waals surface area contributed by atoms with Crippen molar-refractivity contribution in [3.63, 3.8) is 0 Å². The molecule has 0 saturated carbocycles. The molecule has 0 aliphatic carbocycles. The van der Waals surface area contributed by atoms with Crippen molar-refractivity contribution < 1.29 is 9.53 Å². The predicted octanol–water partition coefficient (Wildman–Crippen LogP) is 2.49. The molecular weight excluding hydrogens is 317 g/mol. The molecule has 0 spiro atoms. The number of hydrogen-bond acceptors (Lipinski definition) is 2. The maximum Gasteiger partial charge on any atom is 0.248 e. The first-order chi connectivity index (χ1) is 7.45. The zero-order valence-corrected chi connectivity index (χ0v) is 11.5. The standard InChI is InChI=1S/C12H14INO2/c1-3-12(2)6-8-4-7(11(14)15)5-9(13)10(8)16-12/h4-5H,3,6H2,1-2H3,(H2,14,15). The highest BCUT2D eigenvalue weighted by atomic mass is 127. The first-order valence-electron chi connectivity index (χ1n) is 5.26. The highest BCUT2D eigenvalue weighted by Gasteiger charge is 2.34. The molecule has 3 nitrogen and oxygen atoms in total. The molecule has 1 aromatic rings. The van der Waals surface area contributed by atoms with E-state index in [0.717, 1.165) is 27.7 Å². The monoisotopic (exact) mass is 331 g/mol. The Morgan fingerprint density at radius 1 is 1.62 bits per heavy atom. The molecule has 1 unspecified atom stereocenters. The van der Waals surface area contributed by atoms with E-state index < -0.39 is 0 Å². The number of fused-ring (bicyclic) bond motifs is 1. The van der Waals surface area contributed by atoms with Crippen molar-refractivity contribution in [3.05, 3.63) is 26.8 Å². The number of benzene rings is 1. The minimum absolute atomic E-state index is 0.140. The number of amides is 1. The zero-order chi connectivity index (χ0) is 11.9. The Hall–Kier alpha value is -0.780. The first kappa shape index (κ1) is 11.7. The van der Waals surface area contributed by atoms with Gasteiger partial charge in [0, 0.05) is 17.5 Å². The van der Waals surface area contributed by atoms with Crippen molar-refractivity contribution in [3.8, 4) is 5.75 Å². The summed E-state index contributed by atoms with van der Waals surface area (Å²) in [5, 5.41) is 0. The van der Waals surface area contributed by atoms with Crippen LogP contribution in [0.25, 0.3) is 0 Å². The van der Waals surface area contributed by atoms with E-state index in [2.05, 4.69) is 36.4 Å². The summed E-state index contributed by atoms with van der Waals surface area (Å²) in [4.78, 5) is 11.2. The quantitative estimate of drug-likeness (QED) is 0.847. The topological polar surface area (TPSA) is 52.3 Å². The van der Waals surface area contributed by atoms with E-state index in [9.17, 15) is 4.79 Å². The van der Waals surface area contributed by atoms with Crippen LogP contribution in [0.15, 0.2) is 12.1 Å². The van der Waals surface area contributed by atoms with Crippen LogP contribution in [0.4, 0.5) is 0 Å². The van der Waals surface area contributed by atoms with Gasteiger partial charge in [0.15, 0.2) is 0 Å². The van der Waals surface area contributed by atoms with Crippen LogP contribution in [0.2, 0.25) is 0 Å². The number of rotatable bonds is 2. The lowest BCUT2D eigenvalue weighted by Crippen LogP contribution is -2.28. The Morgan fingerprint density at radius 2 is 2.31 bits per heavy atom. The van der Waals surface area contributed by atoms with Crippen LogP contribution in [0.1, 0.15) is 36.2 Å². The van der Waals surface area contributed by atoms with Gasteiger partial charge in [-0.05, 0) is 48.1 Å². The number of halogens is 1. The second-order valence-electron chi connectivity index (χ2n) is 4.39. The Balaban J connectivity index is 2.46. The summed E-state index contributed by atoms with van der Waals surface area (Å²) in [6.45, 7) is 4.20. The summed E-state index contributed by atoms with van der Waals surface area (Å²) in [6, 6.07) is 3.63. The van der Waals surface area contributed by atoms with Crippen LogP contribution in [0.3, 0.4) is 0 Å². The van der Waals surface area contributed by atoms with Gasteiger partial charge in [-0.15, -0.1) is 0 Å². The lowest BCUT2D eigenvalue weighted by Gasteiger charge is -2.21. The zero-order valence-electron chi connectivity index (χ0n) is 9.34. The molecule has 0 fully saturated rings. The van der Waals surface area contributed by atoms with E-state index >= 15 is 0 Å². The van der Waals surface area contributed by atoms with E-state index in [4.69, 9.17) is 10.5 Å². The molecule has 2 rings (SSSR count). The predicted molar refractivity (Wildman–Crippen MR) is 70.7 cm³/mol. The summed E-state index contributed by atoms with van der Waals surface area (Å²) >= 11 is 2.19. The Kier molecular flexibility index (Phi) is 2.86. The van der Waals surface area contributed by atoms with Crippen molar-refractivity contribution in [1.82, 2.24) is 0 Å². The average molecular weight is 331 g/mol. The lowest BCUT2D eigenvalue weighted by atomic mass is 9.96. The number of primary amides is 1. The molecule has 0 aromatic heterocycles. The van der Waals surface area contributed by atoms with Gasteiger partial charge < -0.3 is 10.5 Å². The Labute approximate surface area is 108 Å². The van der Waals surface area contributed by atoms with Gasteiger partial charge in [-0.1, -0.05) is 6.92 Å². The van der Waals surface area contributed by atoms with Crippen LogP contribution >= 0.6 is 22.6 Å². The number of hydrogen-bond donors (Lipinski definition) is 1. The SMILES string of the molecule is CCC1(C)Cc2cc(C(N)=O)cc(I)c2O1. The van der Waals surface area contributed by atoms with Crippen LogP contribution in [-0.2, 0) is 6.42 Å². The van der Waals surface area contributed by atoms with Gasteiger partial charge in [0.25, 0.3) is 0 Å². The molecule has 1 heterocycles. The highest BCUT2D eigenvalue weighted by Crippen LogP contribution is 2.40.